The molecule has 13 heavy (non-hydrogen) atoms. The summed E-state index contributed by atoms with van der Waals surface area (Å²) in [6, 6.07) is 5.69. The lowest BCUT2D eigenvalue weighted by Crippen LogP contribution is -1.88. The molecule has 0 amide bonds. The average Bonchev–Trinajstić information content (AvgIpc) is 2.46. The van der Waals surface area contributed by atoms with Crippen LogP contribution in [-0.2, 0) is 0 Å². The first-order chi connectivity index (χ1) is 6.18. The van der Waals surface area contributed by atoms with E-state index in [2.05, 4.69) is 5.16 Å². The van der Waals surface area contributed by atoms with Crippen LogP contribution >= 0.6 is 0 Å². The lowest BCUT2D eigenvalue weighted by atomic mass is 10.1. The Morgan fingerprint density at radius 3 is 2.92 bits per heavy atom. The third-order valence-electron chi connectivity index (χ3n) is 1.95. The molecular formula is C10H9NO2. The first-order valence-electron chi connectivity index (χ1n) is 4.05. The SMILES string of the molecule is CC(=O)c1onc2ccc(C)cc12. The normalized spacial score (nSPS) is 10.6. The summed E-state index contributed by atoms with van der Waals surface area (Å²) in [6.07, 6.45) is 0. The smallest absolute Gasteiger partial charge is 0.209 e. The fourth-order valence-electron chi connectivity index (χ4n) is 1.31. The highest BCUT2D eigenvalue weighted by molar-refractivity contribution is 6.03. The lowest BCUT2D eigenvalue weighted by molar-refractivity contribution is 0.0981. The van der Waals surface area contributed by atoms with Gasteiger partial charge in [-0.25, -0.2) is 0 Å². The molecule has 0 spiro atoms. The number of nitrogens with zero attached hydrogens (tertiary/aromatic N) is 1. The summed E-state index contributed by atoms with van der Waals surface area (Å²) in [5, 5.41) is 4.58. The van der Waals surface area contributed by atoms with E-state index in [0.717, 1.165) is 16.5 Å². The summed E-state index contributed by atoms with van der Waals surface area (Å²) in [5.41, 5.74) is 1.83. The van der Waals surface area contributed by atoms with Crippen LogP contribution in [0.5, 0.6) is 0 Å². The average molecular weight is 175 g/mol. The predicted octanol–water partition coefficient (Wildman–Crippen LogP) is 2.34. The molecule has 3 nitrogen and oxygen atoms in total. The highest BCUT2D eigenvalue weighted by Crippen LogP contribution is 2.19. The molecule has 0 fully saturated rings. The molecule has 2 rings (SSSR count). The standard InChI is InChI=1S/C10H9NO2/c1-6-3-4-9-8(5-6)10(7(2)12)13-11-9/h3-5H,1-2H3. The van der Waals surface area contributed by atoms with Crippen LogP contribution in [0.2, 0.25) is 0 Å². The molecule has 0 radical (unpaired) electrons. The Labute approximate surface area is 75.3 Å². The van der Waals surface area contributed by atoms with Gasteiger partial charge in [-0.05, 0) is 19.1 Å². The number of hydrogen-bond donors (Lipinski definition) is 0. The fraction of sp³-hybridized carbons (Fsp3) is 0.200. The monoisotopic (exact) mass is 175 g/mol. The summed E-state index contributed by atoms with van der Waals surface area (Å²) >= 11 is 0. The number of Topliss-reactive ketones (excluding diaryl/α,β-unsaturated/α-hetero) is 1. The molecule has 0 aliphatic rings. The van der Waals surface area contributed by atoms with Gasteiger partial charge in [-0.2, -0.15) is 0 Å². The predicted molar refractivity (Wildman–Crippen MR) is 48.8 cm³/mol. The number of hydrogen-bond acceptors (Lipinski definition) is 3. The molecule has 66 valence electrons. The molecule has 0 atom stereocenters. The van der Waals surface area contributed by atoms with Crippen molar-refractivity contribution in [2.45, 2.75) is 13.8 Å². The Morgan fingerprint density at radius 1 is 1.46 bits per heavy atom. The van der Waals surface area contributed by atoms with Gasteiger partial charge in [0.2, 0.25) is 5.76 Å². The van der Waals surface area contributed by atoms with Crippen molar-refractivity contribution in [1.29, 1.82) is 0 Å². The van der Waals surface area contributed by atoms with E-state index in [1.165, 1.54) is 6.92 Å². The largest absolute Gasteiger partial charge is 0.352 e. The van der Waals surface area contributed by atoms with E-state index in [1.54, 1.807) is 0 Å². The van der Waals surface area contributed by atoms with Crippen molar-refractivity contribution in [3.8, 4) is 0 Å². The van der Waals surface area contributed by atoms with Crippen LogP contribution in [0.15, 0.2) is 22.7 Å². The van der Waals surface area contributed by atoms with Gasteiger partial charge in [0.15, 0.2) is 5.78 Å². The number of aromatic nitrogens is 1. The van der Waals surface area contributed by atoms with E-state index in [0.29, 0.717) is 5.76 Å². The minimum atomic E-state index is -0.0897. The first kappa shape index (κ1) is 7.98. The molecule has 1 aromatic heterocycles. The van der Waals surface area contributed by atoms with Gasteiger partial charge >= 0.3 is 0 Å². The number of benzene rings is 1. The number of aryl methyl sites for hydroxylation is 1. The molecule has 3 heteroatoms. The third-order valence-corrected chi connectivity index (χ3v) is 1.95. The summed E-state index contributed by atoms with van der Waals surface area (Å²) in [6.45, 7) is 3.44. The minimum Gasteiger partial charge on any atom is -0.352 e. The summed E-state index contributed by atoms with van der Waals surface area (Å²) in [7, 11) is 0. The van der Waals surface area contributed by atoms with Crippen molar-refractivity contribution in [1.82, 2.24) is 5.16 Å². The van der Waals surface area contributed by atoms with Crippen molar-refractivity contribution in [3.63, 3.8) is 0 Å². The van der Waals surface area contributed by atoms with Crippen LogP contribution in [0, 0.1) is 6.92 Å². The van der Waals surface area contributed by atoms with E-state index < -0.39 is 0 Å². The van der Waals surface area contributed by atoms with E-state index in [4.69, 9.17) is 4.52 Å². The summed E-state index contributed by atoms with van der Waals surface area (Å²) in [4.78, 5) is 11.1. The second-order valence-electron chi connectivity index (χ2n) is 3.09. The Bertz CT molecular complexity index is 471. The van der Waals surface area contributed by atoms with Gasteiger partial charge < -0.3 is 4.52 Å². The summed E-state index contributed by atoms with van der Waals surface area (Å²) < 4.78 is 4.93. The second kappa shape index (κ2) is 2.69. The van der Waals surface area contributed by atoms with Gasteiger partial charge in [-0.3, -0.25) is 4.79 Å². The van der Waals surface area contributed by atoms with Crippen molar-refractivity contribution in [2.75, 3.05) is 0 Å². The highest BCUT2D eigenvalue weighted by atomic mass is 16.5. The van der Waals surface area contributed by atoms with Gasteiger partial charge in [0.1, 0.15) is 5.52 Å². The Kier molecular flexibility index (Phi) is 1.65. The molecule has 0 unspecified atom stereocenters. The second-order valence-corrected chi connectivity index (χ2v) is 3.09. The van der Waals surface area contributed by atoms with Gasteiger partial charge in [-0.1, -0.05) is 16.8 Å². The minimum absolute atomic E-state index is 0.0897. The fourth-order valence-corrected chi connectivity index (χ4v) is 1.31. The van der Waals surface area contributed by atoms with Gasteiger partial charge in [0, 0.05) is 6.92 Å². The van der Waals surface area contributed by atoms with Gasteiger partial charge in [-0.15, -0.1) is 0 Å². The van der Waals surface area contributed by atoms with Crippen LogP contribution in [0.1, 0.15) is 23.0 Å². The zero-order valence-corrected chi connectivity index (χ0v) is 7.50. The number of ketones is 1. The Morgan fingerprint density at radius 2 is 2.23 bits per heavy atom. The van der Waals surface area contributed by atoms with Crippen LogP contribution in [0.4, 0.5) is 0 Å². The number of rotatable bonds is 1. The lowest BCUT2D eigenvalue weighted by Gasteiger charge is -1.91. The first-order valence-corrected chi connectivity index (χ1v) is 4.05. The van der Waals surface area contributed by atoms with Crippen molar-refractivity contribution in [3.05, 3.63) is 29.5 Å². The van der Waals surface area contributed by atoms with E-state index in [-0.39, 0.29) is 5.78 Å². The Hall–Kier alpha value is -1.64. The van der Waals surface area contributed by atoms with Crippen molar-refractivity contribution < 1.29 is 9.32 Å². The van der Waals surface area contributed by atoms with Crippen molar-refractivity contribution in [2.24, 2.45) is 0 Å². The van der Waals surface area contributed by atoms with Gasteiger partial charge in [0.25, 0.3) is 0 Å². The topological polar surface area (TPSA) is 43.1 Å². The molecule has 1 aromatic carbocycles. The van der Waals surface area contributed by atoms with E-state index in [9.17, 15) is 4.79 Å². The maximum absolute atomic E-state index is 11.1. The maximum atomic E-state index is 11.1. The Balaban J connectivity index is 2.79. The molecule has 0 aliphatic heterocycles. The van der Waals surface area contributed by atoms with E-state index >= 15 is 0 Å². The molecule has 0 N–H and O–H groups in total. The maximum Gasteiger partial charge on any atom is 0.209 e. The molecule has 0 saturated carbocycles. The van der Waals surface area contributed by atoms with Crippen LogP contribution in [0.25, 0.3) is 10.9 Å². The zero-order valence-electron chi connectivity index (χ0n) is 7.50. The van der Waals surface area contributed by atoms with Gasteiger partial charge in [0.05, 0.1) is 5.39 Å². The molecule has 0 bridgehead atoms. The van der Waals surface area contributed by atoms with E-state index in [1.807, 2.05) is 25.1 Å². The summed E-state index contributed by atoms with van der Waals surface area (Å²) in [5.74, 6) is 0.256. The number of fused-ring (bicyclic) bond motifs is 1. The molecule has 1 heterocycles. The van der Waals surface area contributed by atoms with Crippen LogP contribution in [0.3, 0.4) is 0 Å². The highest BCUT2D eigenvalue weighted by Gasteiger charge is 2.11. The van der Waals surface area contributed by atoms with Crippen LogP contribution in [-0.4, -0.2) is 10.9 Å². The number of carbonyl (C=O) groups excluding carboxylic acids is 1. The third kappa shape index (κ3) is 1.22. The molecule has 0 aliphatic carbocycles. The van der Waals surface area contributed by atoms with Crippen molar-refractivity contribution >= 4 is 16.7 Å². The number of carbonyl (C=O) groups is 1. The zero-order chi connectivity index (χ0) is 9.42. The van der Waals surface area contributed by atoms with Crippen LogP contribution < -0.4 is 0 Å². The molecular weight excluding hydrogens is 166 g/mol. The molecule has 0 saturated heterocycles. The molecule has 2 aromatic rings. The quantitative estimate of drug-likeness (QED) is 0.625.